The van der Waals surface area contributed by atoms with E-state index in [0.717, 1.165) is 6.54 Å². The van der Waals surface area contributed by atoms with Gasteiger partial charge in [-0.3, -0.25) is 0 Å². The molecule has 0 aromatic carbocycles. The quantitative estimate of drug-likeness (QED) is 0.760. The lowest BCUT2D eigenvalue weighted by atomic mass is 10.1. The molecule has 0 saturated carbocycles. The van der Waals surface area contributed by atoms with E-state index in [0.29, 0.717) is 6.04 Å². The van der Waals surface area contributed by atoms with Crippen LogP contribution in [0, 0.1) is 0 Å². The lowest BCUT2D eigenvalue weighted by molar-refractivity contribution is 0.494. The minimum atomic E-state index is 0.615. The van der Waals surface area contributed by atoms with Crippen LogP contribution in [-0.4, -0.2) is 11.0 Å². The first-order valence-electron chi connectivity index (χ1n) is 4.94. The molecule has 0 spiro atoms. The molecular formula is C10H18N2S. The summed E-state index contributed by atoms with van der Waals surface area (Å²) in [5.74, 6) is 0. The van der Waals surface area contributed by atoms with Gasteiger partial charge in [-0.2, -0.15) is 0 Å². The fourth-order valence-corrected chi connectivity index (χ4v) is 1.78. The van der Waals surface area contributed by atoms with Crippen LogP contribution in [0.3, 0.4) is 0 Å². The number of thiazole rings is 1. The number of hydrogen-bond donors (Lipinski definition) is 1. The predicted octanol–water partition coefficient (Wildman–Crippen LogP) is 2.81. The Balaban J connectivity index is 2.11. The van der Waals surface area contributed by atoms with Gasteiger partial charge in [0.15, 0.2) is 0 Å². The summed E-state index contributed by atoms with van der Waals surface area (Å²) < 4.78 is 0. The van der Waals surface area contributed by atoms with Gasteiger partial charge in [0.05, 0.1) is 0 Å². The van der Waals surface area contributed by atoms with Gasteiger partial charge in [0, 0.05) is 24.2 Å². The summed E-state index contributed by atoms with van der Waals surface area (Å²) >= 11 is 1.72. The molecule has 0 aliphatic heterocycles. The van der Waals surface area contributed by atoms with Crippen molar-refractivity contribution in [1.29, 1.82) is 0 Å². The van der Waals surface area contributed by atoms with Crippen LogP contribution >= 0.6 is 11.3 Å². The molecule has 1 aromatic heterocycles. The zero-order valence-corrected chi connectivity index (χ0v) is 9.23. The summed E-state index contributed by atoms with van der Waals surface area (Å²) in [6.07, 6.45) is 5.72. The molecule has 3 heteroatoms. The predicted molar refractivity (Wildman–Crippen MR) is 57.9 cm³/mol. The largest absolute Gasteiger partial charge is 0.308 e. The summed E-state index contributed by atoms with van der Waals surface area (Å²) in [5, 5.41) is 6.67. The van der Waals surface area contributed by atoms with E-state index in [1.54, 1.807) is 11.3 Å². The van der Waals surface area contributed by atoms with Crippen LogP contribution in [0.25, 0.3) is 0 Å². The van der Waals surface area contributed by atoms with Gasteiger partial charge in [0.1, 0.15) is 5.01 Å². The number of nitrogens with zero attached hydrogens (tertiary/aromatic N) is 1. The summed E-state index contributed by atoms with van der Waals surface area (Å²) in [6, 6.07) is 0.615. The molecule has 2 nitrogen and oxygen atoms in total. The van der Waals surface area contributed by atoms with Crippen LogP contribution in [-0.2, 0) is 6.54 Å². The van der Waals surface area contributed by atoms with E-state index in [4.69, 9.17) is 0 Å². The number of rotatable bonds is 6. The maximum atomic E-state index is 4.22. The van der Waals surface area contributed by atoms with Crippen molar-refractivity contribution in [3.63, 3.8) is 0 Å². The number of nitrogens with one attached hydrogen (secondary N) is 1. The molecule has 0 radical (unpaired) electrons. The molecule has 13 heavy (non-hydrogen) atoms. The Morgan fingerprint density at radius 1 is 1.62 bits per heavy atom. The highest BCUT2D eigenvalue weighted by atomic mass is 32.1. The normalized spacial score (nSPS) is 13.1. The molecule has 1 unspecified atom stereocenters. The van der Waals surface area contributed by atoms with E-state index < -0.39 is 0 Å². The Hall–Kier alpha value is -0.410. The van der Waals surface area contributed by atoms with Gasteiger partial charge < -0.3 is 5.32 Å². The maximum absolute atomic E-state index is 4.22. The van der Waals surface area contributed by atoms with Crippen molar-refractivity contribution in [1.82, 2.24) is 10.3 Å². The molecule has 0 aliphatic carbocycles. The highest BCUT2D eigenvalue weighted by Gasteiger charge is 2.01. The topological polar surface area (TPSA) is 24.9 Å². The monoisotopic (exact) mass is 198 g/mol. The average Bonchev–Trinajstić information content (AvgIpc) is 2.64. The third kappa shape index (κ3) is 4.39. The Morgan fingerprint density at radius 3 is 3.08 bits per heavy atom. The van der Waals surface area contributed by atoms with Crippen LogP contribution < -0.4 is 5.32 Å². The first-order chi connectivity index (χ1) is 6.33. The Morgan fingerprint density at radius 2 is 2.46 bits per heavy atom. The van der Waals surface area contributed by atoms with E-state index in [2.05, 4.69) is 24.1 Å². The summed E-state index contributed by atoms with van der Waals surface area (Å²) in [5.41, 5.74) is 0. The zero-order valence-electron chi connectivity index (χ0n) is 8.42. The van der Waals surface area contributed by atoms with Gasteiger partial charge >= 0.3 is 0 Å². The van der Waals surface area contributed by atoms with Gasteiger partial charge in [-0.05, 0) is 13.3 Å². The van der Waals surface area contributed by atoms with E-state index >= 15 is 0 Å². The van der Waals surface area contributed by atoms with E-state index in [9.17, 15) is 0 Å². The van der Waals surface area contributed by atoms with Crippen LogP contribution in [0.15, 0.2) is 11.6 Å². The van der Waals surface area contributed by atoms with Crippen LogP contribution in [0.5, 0.6) is 0 Å². The molecule has 0 amide bonds. The lowest BCUT2D eigenvalue weighted by Crippen LogP contribution is -2.25. The van der Waals surface area contributed by atoms with Crippen LogP contribution in [0.4, 0.5) is 0 Å². The second-order valence-corrected chi connectivity index (χ2v) is 4.33. The molecule has 74 valence electrons. The first-order valence-corrected chi connectivity index (χ1v) is 5.82. The highest BCUT2D eigenvalue weighted by molar-refractivity contribution is 7.09. The summed E-state index contributed by atoms with van der Waals surface area (Å²) in [7, 11) is 0. The highest BCUT2D eigenvalue weighted by Crippen LogP contribution is 2.05. The molecule has 1 heterocycles. The lowest BCUT2D eigenvalue weighted by Gasteiger charge is -2.11. The Labute approximate surface area is 84.4 Å². The standard InChI is InChI=1S/C10H18N2S/c1-3-4-5-9(2)12-8-10-11-6-7-13-10/h6-7,9,12H,3-5,8H2,1-2H3. The smallest absolute Gasteiger partial charge is 0.106 e. The average molecular weight is 198 g/mol. The van der Waals surface area contributed by atoms with Crippen molar-refractivity contribution in [2.75, 3.05) is 0 Å². The number of hydrogen-bond acceptors (Lipinski definition) is 3. The fraction of sp³-hybridized carbons (Fsp3) is 0.700. The van der Waals surface area contributed by atoms with Crippen molar-refractivity contribution in [2.24, 2.45) is 0 Å². The van der Waals surface area contributed by atoms with Crippen molar-refractivity contribution in [2.45, 2.75) is 45.7 Å². The van der Waals surface area contributed by atoms with Crippen molar-refractivity contribution in [3.8, 4) is 0 Å². The van der Waals surface area contributed by atoms with Gasteiger partial charge in [-0.25, -0.2) is 4.98 Å². The molecule has 1 rings (SSSR count). The summed E-state index contributed by atoms with van der Waals surface area (Å²) in [4.78, 5) is 4.22. The minimum absolute atomic E-state index is 0.615. The van der Waals surface area contributed by atoms with Gasteiger partial charge in [0.2, 0.25) is 0 Å². The maximum Gasteiger partial charge on any atom is 0.106 e. The second-order valence-electron chi connectivity index (χ2n) is 3.35. The second kappa shape index (κ2) is 6.11. The van der Waals surface area contributed by atoms with Gasteiger partial charge in [-0.1, -0.05) is 19.8 Å². The molecular weight excluding hydrogens is 180 g/mol. The molecule has 0 bridgehead atoms. The van der Waals surface area contributed by atoms with Crippen LogP contribution in [0.1, 0.15) is 38.1 Å². The molecule has 1 atom stereocenters. The van der Waals surface area contributed by atoms with E-state index in [1.165, 1.54) is 24.3 Å². The first kappa shape index (κ1) is 10.7. The minimum Gasteiger partial charge on any atom is -0.308 e. The molecule has 0 aliphatic rings. The zero-order chi connectivity index (χ0) is 9.52. The van der Waals surface area contributed by atoms with Crippen molar-refractivity contribution >= 4 is 11.3 Å². The third-order valence-corrected chi connectivity index (χ3v) is 2.86. The fourth-order valence-electron chi connectivity index (χ4n) is 1.21. The SMILES string of the molecule is CCCCC(C)NCc1nccs1. The number of unbranched alkanes of at least 4 members (excludes halogenated alkanes) is 1. The summed E-state index contributed by atoms with van der Waals surface area (Å²) in [6.45, 7) is 5.39. The van der Waals surface area contributed by atoms with Gasteiger partial charge in [-0.15, -0.1) is 11.3 Å². The van der Waals surface area contributed by atoms with Gasteiger partial charge in [0.25, 0.3) is 0 Å². The van der Waals surface area contributed by atoms with Crippen molar-refractivity contribution < 1.29 is 0 Å². The molecule has 0 saturated heterocycles. The van der Waals surface area contributed by atoms with E-state index in [-0.39, 0.29) is 0 Å². The Bertz CT molecular complexity index is 209. The molecule has 0 fully saturated rings. The molecule has 1 N–H and O–H groups in total. The molecule has 1 aromatic rings. The van der Waals surface area contributed by atoms with Crippen LogP contribution in [0.2, 0.25) is 0 Å². The van der Waals surface area contributed by atoms with E-state index in [1.807, 2.05) is 11.6 Å². The number of aromatic nitrogens is 1. The third-order valence-electron chi connectivity index (χ3n) is 2.08. The van der Waals surface area contributed by atoms with Crippen molar-refractivity contribution in [3.05, 3.63) is 16.6 Å². The Kier molecular flexibility index (Phi) is 5.01.